The fourth-order valence-electron chi connectivity index (χ4n) is 3.26. The third-order valence-corrected chi connectivity index (χ3v) is 6.22. The number of hydrogen-bond acceptors (Lipinski definition) is 3. The van der Waals surface area contributed by atoms with Crippen LogP contribution < -0.4 is 0 Å². The Kier molecular flexibility index (Phi) is 5.46. The lowest BCUT2D eigenvalue weighted by Gasteiger charge is -2.43. The van der Waals surface area contributed by atoms with Gasteiger partial charge in [-0.1, -0.05) is 25.7 Å². The Balaban J connectivity index is 2.13. The van der Waals surface area contributed by atoms with E-state index in [1.807, 2.05) is 0 Å². The average Bonchev–Trinajstić information content (AvgIpc) is 2.65. The second kappa shape index (κ2) is 6.70. The summed E-state index contributed by atoms with van der Waals surface area (Å²) in [5.74, 6) is 0. The van der Waals surface area contributed by atoms with Crippen LogP contribution in [0.2, 0.25) is 0 Å². The summed E-state index contributed by atoms with van der Waals surface area (Å²) in [6.07, 6.45) is 7.84. The van der Waals surface area contributed by atoms with E-state index in [0.29, 0.717) is 0 Å². The Morgan fingerprint density at radius 1 is 1.32 bits per heavy atom. The van der Waals surface area contributed by atoms with Crippen molar-refractivity contribution in [3.05, 3.63) is 20.8 Å². The molecule has 1 saturated carbocycles. The molecule has 0 saturated heterocycles. The lowest BCUT2D eigenvalue weighted by Crippen LogP contribution is -2.54. The molecule has 1 aromatic rings. The first-order chi connectivity index (χ1) is 9.04. The van der Waals surface area contributed by atoms with E-state index in [-0.39, 0.29) is 11.6 Å². The highest BCUT2D eigenvalue weighted by Gasteiger charge is 2.40. The first-order valence-electron chi connectivity index (χ1n) is 7.13. The Morgan fingerprint density at radius 2 is 1.95 bits per heavy atom. The lowest BCUT2D eigenvalue weighted by atomic mass is 9.81. The molecule has 4 heteroatoms. The van der Waals surface area contributed by atoms with E-state index in [1.165, 1.54) is 30.6 Å². The number of aliphatic hydroxyl groups is 1. The quantitative estimate of drug-likeness (QED) is 0.831. The Hall–Kier alpha value is 0.1000. The first-order valence-corrected chi connectivity index (χ1v) is 8.80. The van der Waals surface area contributed by atoms with Crippen LogP contribution >= 0.6 is 27.3 Å². The Bertz CT molecular complexity index is 397. The second-order valence-corrected chi connectivity index (χ2v) is 7.77. The molecule has 2 rings (SSSR count). The van der Waals surface area contributed by atoms with E-state index in [0.717, 1.165) is 23.7 Å². The van der Waals surface area contributed by atoms with Gasteiger partial charge in [-0.3, -0.25) is 0 Å². The fraction of sp³-hybridized carbons (Fsp3) is 0.733. The van der Waals surface area contributed by atoms with Gasteiger partial charge < -0.3 is 10.0 Å². The number of likely N-dealkylation sites (N-methyl/N-ethyl adjacent to an activating group) is 1. The molecule has 0 spiro atoms. The summed E-state index contributed by atoms with van der Waals surface area (Å²) < 4.78 is 1.12. The molecule has 0 bridgehead atoms. The number of rotatable bonds is 4. The summed E-state index contributed by atoms with van der Waals surface area (Å²) in [6, 6.07) is 2.13. The van der Waals surface area contributed by atoms with Gasteiger partial charge in [-0.25, -0.2) is 0 Å². The van der Waals surface area contributed by atoms with Crippen molar-refractivity contribution < 1.29 is 5.11 Å². The number of hydrogen-bond donors (Lipinski definition) is 1. The van der Waals surface area contributed by atoms with Crippen LogP contribution in [-0.4, -0.2) is 35.7 Å². The minimum atomic E-state index is -0.272. The summed E-state index contributed by atoms with van der Waals surface area (Å²) in [7, 11) is 4.25. The van der Waals surface area contributed by atoms with Crippen LogP contribution in [0.3, 0.4) is 0 Å². The highest BCUT2D eigenvalue weighted by molar-refractivity contribution is 9.10. The maximum Gasteiger partial charge on any atom is 0.0771 e. The molecule has 1 aliphatic rings. The molecule has 0 amide bonds. The van der Waals surface area contributed by atoms with Crippen LogP contribution in [-0.2, 0) is 6.42 Å². The van der Waals surface area contributed by atoms with Gasteiger partial charge in [0, 0.05) is 26.7 Å². The molecular formula is C15H24BrNOS. The van der Waals surface area contributed by atoms with E-state index >= 15 is 0 Å². The normalized spacial score (nSPS) is 21.3. The van der Waals surface area contributed by atoms with Crippen LogP contribution in [0.25, 0.3) is 0 Å². The van der Waals surface area contributed by atoms with E-state index in [1.54, 1.807) is 11.3 Å². The van der Waals surface area contributed by atoms with Gasteiger partial charge in [0.1, 0.15) is 0 Å². The monoisotopic (exact) mass is 345 g/mol. The van der Waals surface area contributed by atoms with Crippen molar-refractivity contribution in [3.63, 3.8) is 0 Å². The van der Waals surface area contributed by atoms with Crippen molar-refractivity contribution in [1.29, 1.82) is 0 Å². The first kappa shape index (κ1) is 15.5. The van der Waals surface area contributed by atoms with E-state index in [2.05, 4.69) is 46.4 Å². The molecule has 1 atom stereocenters. The van der Waals surface area contributed by atoms with Crippen LogP contribution in [0.1, 0.15) is 43.4 Å². The van der Waals surface area contributed by atoms with Crippen LogP contribution in [0, 0.1) is 0 Å². The van der Waals surface area contributed by atoms with Crippen molar-refractivity contribution >= 4 is 27.3 Å². The third kappa shape index (κ3) is 3.60. The number of aliphatic hydroxyl groups excluding tert-OH is 1. The SMILES string of the molecule is CN(C)C1(C(O)Cc2cc(Br)cs2)CCCCCC1. The standard InChI is InChI=1S/C15H24BrNOS/c1-17(2)15(7-5-3-4-6-8-15)14(18)10-13-9-12(16)11-19-13/h9,11,14,18H,3-8,10H2,1-2H3. The Labute approximate surface area is 129 Å². The van der Waals surface area contributed by atoms with Crippen molar-refractivity contribution in [2.75, 3.05) is 14.1 Å². The van der Waals surface area contributed by atoms with E-state index in [9.17, 15) is 5.11 Å². The van der Waals surface area contributed by atoms with Gasteiger partial charge in [0.2, 0.25) is 0 Å². The fourth-order valence-corrected chi connectivity index (χ4v) is 4.75. The molecule has 0 aromatic carbocycles. The van der Waals surface area contributed by atoms with Gasteiger partial charge in [0.05, 0.1) is 6.10 Å². The maximum atomic E-state index is 10.8. The Morgan fingerprint density at radius 3 is 2.42 bits per heavy atom. The third-order valence-electron chi connectivity index (χ3n) is 4.50. The molecule has 2 nitrogen and oxygen atoms in total. The highest BCUT2D eigenvalue weighted by Crippen LogP contribution is 2.36. The molecular weight excluding hydrogens is 322 g/mol. The molecule has 1 N–H and O–H groups in total. The van der Waals surface area contributed by atoms with Gasteiger partial charge in [0.15, 0.2) is 0 Å². The molecule has 0 aliphatic heterocycles. The summed E-state index contributed by atoms with van der Waals surface area (Å²) in [5.41, 5.74) is -0.0348. The average molecular weight is 346 g/mol. The number of halogens is 1. The lowest BCUT2D eigenvalue weighted by molar-refractivity contribution is -0.0170. The van der Waals surface area contributed by atoms with E-state index < -0.39 is 0 Å². The van der Waals surface area contributed by atoms with Gasteiger partial charge >= 0.3 is 0 Å². The predicted octanol–water partition coefficient (Wildman–Crippen LogP) is 4.07. The minimum absolute atomic E-state index is 0.0348. The van der Waals surface area contributed by atoms with Crippen molar-refractivity contribution in [2.24, 2.45) is 0 Å². The minimum Gasteiger partial charge on any atom is -0.391 e. The predicted molar refractivity (Wildman–Crippen MR) is 85.8 cm³/mol. The van der Waals surface area contributed by atoms with Crippen LogP contribution in [0.15, 0.2) is 15.9 Å². The molecule has 1 aliphatic carbocycles. The second-order valence-electron chi connectivity index (χ2n) is 5.86. The molecule has 0 radical (unpaired) electrons. The zero-order chi connectivity index (χ0) is 13.9. The maximum absolute atomic E-state index is 10.8. The zero-order valence-corrected chi connectivity index (χ0v) is 14.3. The zero-order valence-electron chi connectivity index (χ0n) is 11.9. The van der Waals surface area contributed by atoms with Gasteiger partial charge in [0.25, 0.3) is 0 Å². The van der Waals surface area contributed by atoms with Crippen molar-refractivity contribution in [1.82, 2.24) is 4.90 Å². The topological polar surface area (TPSA) is 23.5 Å². The molecule has 108 valence electrons. The summed E-state index contributed by atoms with van der Waals surface area (Å²) in [4.78, 5) is 3.54. The highest BCUT2D eigenvalue weighted by atomic mass is 79.9. The molecule has 1 heterocycles. The largest absolute Gasteiger partial charge is 0.391 e. The van der Waals surface area contributed by atoms with Crippen LogP contribution in [0.4, 0.5) is 0 Å². The summed E-state index contributed by atoms with van der Waals surface area (Å²) >= 11 is 5.22. The molecule has 19 heavy (non-hydrogen) atoms. The number of nitrogens with zero attached hydrogens (tertiary/aromatic N) is 1. The van der Waals surface area contributed by atoms with Crippen molar-refractivity contribution in [2.45, 2.75) is 56.6 Å². The van der Waals surface area contributed by atoms with Gasteiger partial charge in [-0.05, 0) is 48.9 Å². The van der Waals surface area contributed by atoms with Gasteiger partial charge in [-0.2, -0.15) is 0 Å². The molecule has 1 aromatic heterocycles. The van der Waals surface area contributed by atoms with Crippen LogP contribution in [0.5, 0.6) is 0 Å². The smallest absolute Gasteiger partial charge is 0.0771 e. The molecule has 1 unspecified atom stereocenters. The van der Waals surface area contributed by atoms with Crippen molar-refractivity contribution in [3.8, 4) is 0 Å². The number of thiophene rings is 1. The summed E-state index contributed by atoms with van der Waals surface area (Å²) in [5, 5.41) is 12.9. The summed E-state index contributed by atoms with van der Waals surface area (Å²) in [6.45, 7) is 0. The molecule has 1 fully saturated rings. The van der Waals surface area contributed by atoms with E-state index in [4.69, 9.17) is 0 Å². The van der Waals surface area contributed by atoms with Gasteiger partial charge in [-0.15, -0.1) is 11.3 Å².